The molecule has 3 aromatic carbocycles. The number of carbonyl (C=O) groups is 2. The number of nitrogens with zero attached hydrogens (tertiary/aromatic N) is 1. The minimum absolute atomic E-state index is 0.0182. The first-order valence-electron chi connectivity index (χ1n) is 11.8. The van der Waals surface area contributed by atoms with Gasteiger partial charge in [0, 0.05) is 24.5 Å². The molecule has 0 spiro atoms. The van der Waals surface area contributed by atoms with Crippen molar-refractivity contribution in [3.8, 4) is 0 Å². The third-order valence-electron chi connectivity index (χ3n) is 5.97. The van der Waals surface area contributed by atoms with Crippen LogP contribution in [0.5, 0.6) is 0 Å². The maximum absolute atomic E-state index is 13.5. The zero-order valence-corrected chi connectivity index (χ0v) is 20.3. The fourth-order valence-corrected chi connectivity index (χ4v) is 4.23. The van der Waals surface area contributed by atoms with Crippen molar-refractivity contribution in [1.82, 2.24) is 10.2 Å². The molecule has 174 valence electrons. The number of fused-ring (bicyclic) bond motifs is 1. The molecule has 4 nitrogen and oxygen atoms in total. The van der Waals surface area contributed by atoms with Gasteiger partial charge in [0.1, 0.15) is 6.04 Å². The normalized spacial score (nSPS) is 11.8. The summed E-state index contributed by atoms with van der Waals surface area (Å²) in [4.78, 5) is 28.2. The average molecular weight is 465 g/mol. The SMILES string of the molecule is CCCCNC(=O)[C@@H](CC)N(Cc1ccc(Cl)cc1)C(=O)CCc1cccc2ccccc12. The number of nitrogens with one attached hydrogen (secondary N) is 1. The van der Waals surface area contributed by atoms with E-state index in [-0.39, 0.29) is 11.8 Å². The molecule has 0 unspecified atom stereocenters. The lowest BCUT2D eigenvalue weighted by Crippen LogP contribution is -2.49. The summed E-state index contributed by atoms with van der Waals surface area (Å²) < 4.78 is 0. The van der Waals surface area contributed by atoms with Crippen LogP contribution in [-0.4, -0.2) is 29.3 Å². The molecule has 0 saturated heterocycles. The number of unbranched alkanes of at least 4 members (excludes halogenated alkanes) is 1. The van der Waals surface area contributed by atoms with Crippen LogP contribution in [0.4, 0.5) is 0 Å². The summed E-state index contributed by atoms with van der Waals surface area (Å²) in [5.74, 6) is -0.103. The van der Waals surface area contributed by atoms with Gasteiger partial charge in [-0.25, -0.2) is 0 Å². The number of halogens is 1. The molecular weight excluding hydrogens is 432 g/mol. The molecule has 0 aliphatic heterocycles. The number of rotatable bonds is 11. The Labute approximate surface area is 201 Å². The summed E-state index contributed by atoms with van der Waals surface area (Å²) in [6, 6.07) is 21.4. The highest BCUT2D eigenvalue weighted by Crippen LogP contribution is 2.21. The molecule has 3 aromatic rings. The lowest BCUT2D eigenvalue weighted by atomic mass is 10.00. The molecule has 5 heteroatoms. The monoisotopic (exact) mass is 464 g/mol. The molecule has 0 aromatic heterocycles. The lowest BCUT2D eigenvalue weighted by molar-refractivity contribution is -0.141. The Morgan fingerprint density at radius 1 is 0.970 bits per heavy atom. The van der Waals surface area contributed by atoms with E-state index in [1.165, 1.54) is 10.8 Å². The Morgan fingerprint density at radius 2 is 1.70 bits per heavy atom. The van der Waals surface area contributed by atoms with Gasteiger partial charge >= 0.3 is 0 Å². The Hall–Kier alpha value is -2.85. The highest BCUT2D eigenvalue weighted by molar-refractivity contribution is 6.30. The van der Waals surface area contributed by atoms with Gasteiger partial charge in [-0.05, 0) is 53.3 Å². The Bertz CT molecular complexity index is 1060. The second-order valence-corrected chi connectivity index (χ2v) is 8.79. The van der Waals surface area contributed by atoms with Gasteiger partial charge in [-0.15, -0.1) is 0 Å². The third-order valence-corrected chi connectivity index (χ3v) is 6.22. The fourth-order valence-electron chi connectivity index (χ4n) is 4.11. The van der Waals surface area contributed by atoms with Crippen LogP contribution in [0.25, 0.3) is 10.8 Å². The van der Waals surface area contributed by atoms with E-state index in [4.69, 9.17) is 11.6 Å². The van der Waals surface area contributed by atoms with Crippen molar-refractivity contribution in [2.24, 2.45) is 0 Å². The summed E-state index contributed by atoms with van der Waals surface area (Å²) in [5, 5.41) is 6.00. The topological polar surface area (TPSA) is 49.4 Å². The first kappa shape index (κ1) is 24.8. The molecule has 0 radical (unpaired) electrons. The summed E-state index contributed by atoms with van der Waals surface area (Å²) in [6.07, 6.45) is 3.47. The molecule has 1 atom stereocenters. The summed E-state index contributed by atoms with van der Waals surface area (Å²) in [5.41, 5.74) is 2.10. The van der Waals surface area contributed by atoms with Gasteiger partial charge in [0.15, 0.2) is 0 Å². The number of hydrogen-bond donors (Lipinski definition) is 1. The van der Waals surface area contributed by atoms with Crippen molar-refractivity contribution < 1.29 is 9.59 Å². The highest BCUT2D eigenvalue weighted by atomic mass is 35.5. The number of aryl methyl sites for hydroxylation is 1. The second-order valence-electron chi connectivity index (χ2n) is 8.36. The molecule has 2 amide bonds. The number of benzene rings is 3. The minimum atomic E-state index is -0.502. The van der Waals surface area contributed by atoms with Gasteiger partial charge in [0.05, 0.1) is 0 Å². The van der Waals surface area contributed by atoms with Crippen molar-refractivity contribution >= 4 is 34.2 Å². The molecule has 0 heterocycles. The van der Waals surface area contributed by atoms with Crippen LogP contribution in [0.1, 0.15) is 50.7 Å². The van der Waals surface area contributed by atoms with Crippen molar-refractivity contribution in [1.29, 1.82) is 0 Å². The van der Waals surface area contributed by atoms with Crippen LogP contribution in [0.3, 0.4) is 0 Å². The summed E-state index contributed by atoms with van der Waals surface area (Å²) >= 11 is 6.04. The minimum Gasteiger partial charge on any atom is -0.354 e. The Morgan fingerprint density at radius 3 is 2.42 bits per heavy atom. The van der Waals surface area contributed by atoms with E-state index in [2.05, 4.69) is 36.5 Å². The zero-order chi connectivity index (χ0) is 23.6. The molecule has 3 rings (SSSR count). The molecule has 1 N–H and O–H groups in total. The molecule has 0 aliphatic rings. The van der Waals surface area contributed by atoms with E-state index >= 15 is 0 Å². The van der Waals surface area contributed by atoms with Crippen LogP contribution in [0.15, 0.2) is 66.7 Å². The predicted octanol–water partition coefficient (Wildman–Crippen LogP) is 6.15. The smallest absolute Gasteiger partial charge is 0.242 e. The van der Waals surface area contributed by atoms with Gasteiger partial charge in [-0.2, -0.15) is 0 Å². The first-order valence-corrected chi connectivity index (χ1v) is 12.2. The zero-order valence-electron chi connectivity index (χ0n) is 19.5. The van der Waals surface area contributed by atoms with Crippen LogP contribution in [0, 0.1) is 0 Å². The van der Waals surface area contributed by atoms with Crippen LogP contribution in [0.2, 0.25) is 5.02 Å². The molecule has 0 fully saturated rings. The van der Waals surface area contributed by atoms with Gasteiger partial charge in [-0.1, -0.05) is 86.5 Å². The Balaban J connectivity index is 1.79. The number of carbonyl (C=O) groups excluding carboxylic acids is 2. The highest BCUT2D eigenvalue weighted by Gasteiger charge is 2.28. The standard InChI is InChI=1S/C28H33ClN2O2/c1-3-5-19-30-28(33)26(4-2)31(20-21-13-16-24(29)17-14-21)27(32)18-15-23-11-8-10-22-9-6-7-12-25(22)23/h6-14,16-17,26H,3-5,15,18-20H2,1-2H3,(H,30,33)/t26-/m1/s1. The van der Waals surface area contributed by atoms with Gasteiger partial charge in [0.25, 0.3) is 0 Å². The largest absolute Gasteiger partial charge is 0.354 e. The van der Waals surface area contributed by atoms with Crippen LogP contribution >= 0.6 is 11.6 Å². The number of amides is 2. The molecule has 0 aliphatic carbocycles. The van der Waals surface area contributed by atoms with Gasteiger partial charge in [0.2, 0.25) is 11.8 Å². The molecule has 0 bridgehead atoms. The van der Waals surface area contributed by atoms with Crippen LogP contribution in [-0.2, 0) is 22.6 Å². The first-order chi connectivity index (χ1) is 16.0. The maximum atomic E-state index is 13.5. The van der Waals surface area contributed by atoms with Crippen molar-refractivity contribution in [2.45, 2.75) is 58.5 Å². The molecule has 0 saturated carbocycles. The fraction of sp³-hybridized carbons (Fsp3) is 0.357. The second kappa shape index (κ2) is 12.4. The van der Waals surface area contributed by atoms with E-state index in [1.54, 1.807) is 4.90 Å². The third kappa shape index (κ3) is 6.82. The maximum Gasteiger partial charge on any atom is 0.242 e. The van der Waals surface area contributed by atoms with E-state index in [0.29, 0.717) is 37.4 Å². The molecular formula is C28H33ClN2O2. The lowest BCUT2D eigenvalue weighted by Gasteiger charge is -2.31. The van der Waals surface area contributed by atoms with Crippen molar-refractivity contribution in [3.05, 3.63) is 82.9 Å². The van der Waals surface area contributed by atoms with E-state index in [9.17, 15) is 9.59 Å². The quantitative estimate of drug-likeness (QED) is 0.346. The van der Waals surface area contributed by atoms with Crippen molar-refractivity contribution in [2.75, 3.05) is 6.54 Å². The predicted molar refractivity (Wildman–Crippen MR) is 136 cm³/mol. The van der Waals surface area contributed by atoms with Gasteiger partial charge in [-0.3, -0.25) is 9.59 Å². The van der Waals surface area contributed by atoms with E-state index in [0.717, 1.165) is 24.0 Å². The summed E-state index contributed by atoms with van der Waals surface area (Å²) in [7, 11) is 0. The van der Waals surface area contributed by atoms with Crippen molar-refractivity contribution in [3.63, 3.8) is 0 Å². The van der Waals surface area contributed by atoms with Crippen LogP contribution < -0.4 is 5.32 Å². The molecule has 33 heavy (non-hydrogen) atoms. The van der Waals surface area contributed by atoms with Gasteiger partial charge < -0.3 is 10.2 Å². The summed E-state index contributed by atoms with van der Waals surface area (Å²) in [6.45, 7) is 5.06. The number of hydrogen-bond acceptors (Lipinski definition) is 2. The van der Waals surface area contributed by atoms with E-state index in [1.807, 2.05) is 49.4 Å². The average Bonchev–Trinajstić information content (AvgIpc) is 2.83. The van der Waals surface area contributed by atoms with E-state index < -0.39 is 6.04 Å². The Kier molecular flexibility index (Phi) is 9.32.